The van der Waals surface area contributed by atoms with E-state index in [1.54, 1.807) is 25.9 Å². The molecule has 3 atom stereocenters. The van der Waals surface area contributed by atoms with Crippen LogP contribution >= 0.6 is 0 Å². The number of ether oxygens (including phenoxy) is 1. The highest BCUT2D eigenvalue weighted by atomic mass is 16.6. The number of aliphatic hydroxyl groups is 1. The number of carbonyl (C=O) groups excluding carboxylic acids is 1. The Labute approximate surface area is 162 Å². The zero-order valence-corrected chi connectivity index (χ0v) is 16.1. The molecular formula is C21H23NO6. The van der Waals surface area contributed by atoms with Gasteiger partial charge in [-0.3, -0.25) is 4.79 Å². The lowest BCUT2D eigenvalue weighted by Crippen LogP contribution is -2.61. The molecule has 148 valence electrons. The lowest BCUT2D eigenvalue weighted by atomic mass is 9.82. The highest BCUT2D eigenvalue weighted by molar-refractivity contribution is 5.93. The fourth-order valence-electron chi connectivity index (χ4n) is 4.30. The van der Waals surface area contributed by atoms with E-state index >= 15 is 0 Å². The minimum atomic E-state index is -0.713. The first-order valence-corrected chi connectivity index (χ1v) is 9.37. The van der Waals surface area contributed by atoms with Crippen LogP contribution in [0.15, 0.2) is 43.6 Å². The summed E-state index contributed by atoms with van der Waals surface area (Å²) >= 11 is 0. The molecule has 28 heavy (non-hydrogen) atoms. The minimum Gasteiger partial charge on any atom is -0.497 e. The Bertz CT molecular complexity index is 981. The summed E-state index contributed by atoms with van der Waals surface area (Å²) in [6, 6.07) is 7.71. The van der Waals surface area contributed by atoms with Gasteiger partial charge in [-0.05, 0) is 50.0 Å². The normalized spacial score (nSPS) is 22.3. The Morgan fingerprint density at radius 2 is 1.93 bits per heavy atom. The van der Waals surface area contributed by atoms with E-state index in [0.29, 0.717) is 30.8 Å². The molecule has 2 aliphatic rings. The molecule has 2 aromatic rings. The SMILES string of the molecule is COc1ccc(C2=C(CCc3oc(=O)oc3C)N3C(=O)[C@H]([C@@H](C)O)[C@H]3C2)cc1. The highest BCUT2D eigenvalue weighted by Gasteiger charge is 2.54. The fraction of sp³-hybridized carbons (Fsp3) is 0.429. The zero-order valence-electron chi connectivity index (χ0n) is 16.1. The molecule has 7 heteroatoms. The molecule has 0 radical (unpaired) electrons. The number of benzene rings is 1. The van der Waals surface area contributed by atoms with Gasteiger partial charge in [-0.25, -0.2) is 4.79 Å². The molecule has 2 aliphatic heterocycles. The zero-order chi connectivity index (χ0) is 20.0. The van der Waals surface area contributed by atoms with Crippen molar-refractivity contribution in [3.63, 3.8) is 0 Å². The molecule has 1 aromatic carbocycles. The van der Waals surface area contributed by atoms with Crippen LogP contribution in [-0.4, -0.2) is 35.2 Å². The van der Waals surface area contributed by atoms with Crippen LogP contribution < -0.4 is 10.6 Å². The van der Waals surface area contributed by atoms with Crippen LogP contribution in [0.2, 0.25) is 0 Å². The summed E-state index contributed by atoms with van der Waals surface area (Å²) in [4.78, 5) is 25.8. The minimum absolute atomic E-state index is 0.0305. The van der Waals surface area contributed by atoms with Crippen molar-refractivity contribution in [2.45, 2.75) is 45.3 Å². The van der Waals surface area contributed by atoms with E-state index in [-0.39, 0.29) is 17.9 Å². The monoisotopic (exact) mass is 385 g/mol. The van der Waals surface area contributed by atoms with E-state index in [1.165, 1.54) is 0 Å². The third-order valence-corrected chi connectivity index (χ3v) is 5.70. The molecule has 0 aliphatic carbocycles. The maximum atomic E-state index is 12.7. The van der Waals surface area contributed by atoms with Crippen LogP contribution in [0.4, 0.5) is 0 Å². The number of methoxy groups -OCH3 is 1. The molecule has 0 saturated carbocycles. The van der Waals surface area contributed by atoms with Gasteiger partial charge in [0.05, 0.1) is 25.2 Å². The lowest BCUT2D eigenvalue weighted by Gasteiger charge is -2.45. The maximum absolute atomic E-state index is 12.7. The van der Waals surface area contributed by atoms with Crippen LogP contribution in [0.5, 0.6) is 5.75 Å². The summed E-state index contributed by atoms with van der Waals surface area (Å²) in [5, 5.41) is 10.0. The first-order chi connectivity index (χ1) is 13.4. The van der Waals surface area contributed by atoms with Crippen molar-refractivity contribution in [3.8, 4) is 5.75 Å². The molecule has 0 unspecified atom stereocenters. The average molecular weight is 385 g/mol. The van der Waals surface area contributed by atoms with Crippen molar-refractivity contribution in [2.24, 2.45) is 5.92 Å². The van der Waals surface area contributed by atoms with E-state index < -0.39 is 11.9 Å². The number of allylic oxidation sites excluding steroid dienone is 1. The van der Waals surface area contributed by atoms with Gasteiger partial charge in [0.25, 0.3) is 0 Å². The molecule has 1 aromatic heterocycles. The van der Waals surface area contributed by atoms with Crippen LogP contribution in [-0.2, 0) is 11.2 Å². The van der Waals surface area contributed by atoms with E-state index in [4.69, 9.17) is 13.6 Å². The summed E-state index contributed by atoms with van der Waals surface area (Å²) in [6.07, 6.45) is 1.01. The Balaban J connectivity index is 1.66. The first-order valence-electron chi connectivity index (χ1n) is 9.37. The largest absolute Gasteiger partial charge is 0.519 e. The maximum Gasteiger partial charge on any atom is 0.519 e. The van der Waals surface area contributed by atoms with Crippen molar-refractivity contribution in [1.29, 1.82) is 0 Å². The van der Waals surface area contributed by atoms with E-state index in [9.17, 15) is 14.7 Å². The number of rotatable bonds is 6. The van der Waals surface area contributed by atoms with Crippen molar-refractivity contribution >= 4 is 11.5 Å². The van der Waals surface area contributed by atoms with Gasteiger partial charge in [0.2, 0.25) is 5.91 Å². The van der Waals surface area contributed by atoms with Crippen molar-refractivity contribution < 1.29 is 23.5 Å². The van der Waals surface area contributed by atoms with Crippen LogP contribution in [0.25, 0.3) is 5.57 Å². The van der Waals surface area contributed by atoms with E-state index in [1.807, 2.05) is 24.3 Å². The molecule has 7 nitrogen and oxygen atoms in total. The third-order valence-electron chi connectivity index (χ3n) is 5.70. The second-order valence-electron chi connectivity index (χ2n) is 7.33. The lowest BCUT2D eigenvalue weighted by molar-refractivity contribution is -0.157. The van der Waals surface area contributed by atoms with Crippen molar-refractivity contribution in [2.75, 3.05) is 7.11 Å². The van der Waals surface area contributed by atoms with Crippen LogP contribution in [0.3, 0.4) is 0 Å². The number of hydrogen-bond acceptors (Lipinski definition) is 6. The van der Waals surface area contributed by atoms with Crippen molar-refractivity contribution in [3.05, 3.63) is 57.7 Å². The Morgan fingerprint density at radius 1 is 1.21 bits per heavy atom. The van der Waals surface area contributed by atoms with Gasteiger partial charge in [0.15, 0.2) is 0 Å². The third kappa shape index (κ3) is 2.96. The number of hydrogen-bond donors (Lipinski definition) is 1. The molecule has 1 saturated heterocycles. The summed E-state index contributed by atoms with van der Waals surface area (Å²) in [7, 11) is 1.62. The van der Waals surface area contributed by atoms with Crippen molar-refractivity contribution in [1.82, 2.24) is 4.90 Å². The Morgan fingerprint density at radius 3 is 2.50 bits per heavy atom. The molecular weight excluding hydrogens is 362 g/mol. The summed E-state index contributed by atoms with van der Waals surface area (Å²) in [5.41, 5.74) is 3.01. The molecule has 1 fully saturated rings. The number of β-lactam (4-membered cyclic amide) rings is 1. The predicted molar refractivity (Wildman–Crippen MR) is 101 cm³/mol. The van der Waals surface area contributed by atoms with Crippen LogP contribution in [0.1, 0.15) is 36.8 Å². The second-order valence-corrected chi connectivity index (χ2v) is 7.33. The number of nitrogens with zero attached hydrogens (tertiary/aromatic N) is 1. The molecule has 3 heterocycles. The fourth-order valence-corrected chi connectivity index (χ4v) is 4.30. The molecule has 1 amide bonds. The van der Waals surface area contributed by atoms with E-state index in [0.717, 1.165) is 22.6 Å². The number of aliphatic hydroxyl groups excluding tert-OH is 1. The topological polar surface area (TPSA) is 93.1 Å². The number of fused-ring (bicyclic) bond motifs is 1. The standard InChI is InChI=1S/C21H23NO6/c1-11(23)19-17-10-15(13-4-6-14(26-3)7-5-13)16(22(17)20(19)24)8-9-18-12(2)27-21(25)28-18/h4-7,11,17,19,23H,8-10H2,1-3H3/t11-,17-,19-/m1/s1. The smallest absolute Gasteiger partial charge is 0.497 e. The predicted octanol–water partition coefficient (Wildman–Crippen LogP) is 2.51. The van der Waals surface area contributed by atoms with Gasteiger partial charge in [0, 0.05) is 12.1 Å². The number of amides is 1. The van der Waals surface area contributed by atoms with Gasteiger partial charge in [-0.15, -0.1) is 0 Å². The Kier molecular flexibility index (Phi) is 4.63. The second kappa shape index (κ2) is 6.98. The first kappa shape index (κ1) is 18.6. The van der Waals surface area contributed by atoms with Gasteiger partial charge >= 0.3 is 5.82 Å². The Hall–Kier alpha value is -2.80. The molecule has 0 bridgehead atoms. The van der Waals surface area contributed by atoms with Gasteiger partial charge in [0.1, 0.15) is 17.3 Å². The summed E-state index contributed by atoms with van der Waals surface area (Å²) in [6.45, 7) is 3.35. The quantitative estimate of drug-likeness (QED) is 0.768. The highest BCUT2D eigenvalue weighted by Crippen LogP contribution is 2.48. The summed E-state index contributed by atoms with van der Waals surface area (Å²) in [5.74, 6) is 0.581. The number of aryl methyl sites for hydroxylation is 2. The molecule has 1 N–H and O–H groups in total. The summed E-state index contributed by atoms with van der Waals surface area (Å²) < 4.78 is 15.3. The number of carbonyl (C=O) groups is 1. The average Bonchev–Trinajstić information content (AvgIpc) is 3.15. The van der Waals surface area contributed by atoms with Crippen LogP contribution in [0, 0.1) is 12.8 Å². The molecule has 0 spiro atoms. The molecule has 4 rings (SSSR count). The van der Waals surface area contributed by atoms with Gasteiger partial charge < -0.3 is 23.6 Å². The van der Waals surface area contributed by atoms with E-state index in [2.05, 4.69) is 0 Å². The van der Waals surface area contributed by atoms with Gasteiger partial charge in [-0.1, -0.05) is 12.1 Å². The van der Waals surface area contributed by atoms with Gasteiger partial charge in [-0.2, -0.15) is 0 Å².